The number of nitrogens with zero attached hydrogens (tertiary/aromatic N) is 1. The van der Waals surface area contributed by atoms with Crippen LogP contribution in [0, 0.1) is 0 Å². The number of sulfone groups is 1. The monoisotopic (exact) mass is 445 g/mol. The fraction of sp³-hybridized carbons (Fsp3) is 0.182. The third kappa shape index (κ3) is 4.66. The molecule has 0 spiro atoms. The summed E-state index contributed by atoms with van der Waals surface area (Å²) in [6, 6.07) is 21.3. The first-order chi connectivity index (χ1) is 14.3. The predicted molar refractivity (Wildman–Crippen MR) is 117 cm³/mol. The van der Waals surface area contributed by atoms with Gasteiger partial charge in [0.25, 0.3) is 10.0 Å². The second-order valence-corrected chi connectivity index (χ2v) is 10.7. The number of methoxy groups -OCH3 is 1. The van der Waals surface area contributed by atoms with Gasteiger partial charge < -0.3 is 4.74 Å². The fourth-order valence-corrected chi connectivity index (χ4v) is 5.26. The summed E-state index contributed by atoms with van der Waals surface area (Å²) in [4.78, 5) is 0.118. The summed E-state index contributed by atoms with van der Waals surface area (Å²) in [5, 5.41) is 0. The third-order valence-corrected chi connectivity index (χ3v) is 8.22. The smallest absolute Gasteiger partial charge is 0.264 e. The van der Waals surface area contributed by atoms with Crippen LogP contribution in [0.25, 0.3) is 0 Å². The maximum absolute atomic E-state index is 13.5. The summed E-state index contributed by atoms with van der Waals surface area (Å²) in [5.41, 5.74) is 1.30. The molecular weight excluding hydrogens is 422 g/mol. The average Bonchev–Trinajstić information content (AvgIpc) is 2.78. The van der Waals surface area contributed by atoms with Crippen LogP contribution in [0.1, 0.15) is 12.5 Å². The van der Waals surface area contributed by atoms with Gasteiger partial charge >= 0.3 is 0 Å². The van der Waals surface area contributed by atoms with Crippen LogP contribution in [0.4, 0.5) is 5.69 Å². The van der Waals surface area contributed by atoms with Crippen LogP contribution in [0.15, 0.2) is 88.7 Å². The van der Waals surface area contributed by atoms with Crippen molar-refractivity contribution >= 4 is 25.5 Å². The van der Waals surface area contributed by atoms with Crippen molar-refractivity contribution in [2.75, 3.05) is 17.2 Å². The van der Waals surface area contributed by atoms with E-state index in [2.05, 4.69) is 0 Å². The minimum Gasteiger partial charge on any atom is -0.497 e. The molecule has 0 heterocycles. The van der Waals surface area contributed by atoms with Gasteiger partial charge in [0.15, 0.2) is 9.84 Å². The first-order valence-corrected chi connectivity index (χ1v) is 12.4. The highest BCUT2D eigenvalue weighted by atomic mass is 32.2. The van der Waals surface area contributed by atoms with Crippen molar-refractivity contribution in [2.24, 2.45) is 0 Å². The molecule has 158 valence electrons. The Morgan fingerprint density at radius 1 is 0.767 bits per heavy atom. The minimum absolute atomic E-state index is 0.0179. The number of ether oxygens (including phenoxy) is 1. The van der Waals surface area contributed by atoms with Gasteiger partial charge in [-0.05, 0) is 54.1 Å². The van der Waals surface area contributed by atoms with E-state index < -0.39 is 19.9 Å². The second-order valence-electron chi connectivity index (χ2n) is 6.57. The van der Waals surface area contributed by atoms with Gasteiger partial charge in [0.05, 0.1) is 34.9 Å². The highest BCUT2D eigenvalue weighted by Gasteiger charge is 2.26. The Morgan fingerprint density at radius 2 is 1.33 bits per heavy atom. The highest BCUT2D eigenvalue weighted by molar-refractivity contribution is 7.93. The standard InChI is InChI=1S/C22H23NO5S2/c1-3-29(24,25)21-13-15-22(16-14-21)30(26,27)23(17-18-7-5-4-6-8-18)19-9-11-20(28-2)12-10-19/h4-16H,3,17H2,1-2H3. The topological polar surface area (TPSA) is 80.8 Å². The molecule has 0 fully saturated rings. The van der Waals surface area contributed by atoms with E-state index in [9.17, 15) is 16.8 Å². The summed E-state index contributed by atoms with van der Waals surface area (Å²) in [6.07, 6.45) is 0. The summed E-state index contributed by atoms with van der Waals surface area (Å²) in [5.74, 6) is 0.565. The third-order valence-electron chi connectivity index (χ3n) is 4.68. The van der Waals surface area contributed by atoms with E-state index in [1.807, 2.05) is 30.3 Å². The quantitative estimate of drug-likeness (QED) is 0.526. The van der Waals surface area contributed by atoms with Gasteiger partial charge in [-0.1, -0.05) is 37.3 Å². The van der Waals surface area contributed by atoms with Crippen LogP contribution in [-0.4, -0.2) is 29.7 Å². The van der Waals surface area contributed by atoms with Crippen molar-refractivity contribution in [3.63, 3.8) is 0 Å². The van der Waals surface area contributed by atoms with E-state index in [0.29, 0.717) is 11.4 Å². The molecule has 0 bridgehead atoms. The van der Waals surface area contributed by atoms with Crippen molar-refractivity contribution in [3.8, 4) is 5.75 Å². The maximum Gasteiger partial charge on any atom is 0.264 e. The number of hydrogen-bond acceptors (Lipinski definition) is 5. The van der Waals surface area contributed by atoms with Gasteiger partial charge in [-0.3, -0.25) is 4.31 Å². The fourth-order valence-electron chi connectivity index (χ4n) is 2.93. The van der Waals surface area contributed by atoms with Crippen LogP contribution >= 0.6 is 0 Å². The molecule has 6 nitrogen and oxygen atoms in total. The van der Waals surface area contributed by atoms with E-state index in [-0.39, 0.29) is 22.1 Å². The van der Waals surface area contributed by atoms with Crippen LogP contribution in [0.5, 0.6) is 5.75 Å². The van der Waals surface area contributed by atoms with Crippen molar-refractivity contribution in [3.05, 3.63) is 84.4 Å². The molecule has 0 aliphatic carbocycles. The number of rotatable bonds is 8. The molecule has 0 amide bonds. The Kier molecular flexibility index (Phi) is 6.48. The Balaban J connectivity index is 2.04. The number of hydrogen-bond donors (Lipinski definition) is 0. The Hall–Kier alpha value is -2.84. The lowest BCUT2D eigenvalue weighted by Crippen LogP contribution is -2.30. The van der Waals surface area contributed by atoms with Crippen LogP contribution in [-0.2, 0) is 26.4 Å². The van der Waals surface area contributed by atoms with Gasteiger partial charge in [0, 0.05) is 0 Å². The lowest BCUT2D eigenvalue weighted by molar-refractivity contribution is 0.415. The second kappa shape index (κ2) is 8.89. The van der Waals surface area contributed by atoms with Gasteiger partial charge in [0.1, 0.15) is 5.75 Å². The zero-order valence-corrected chi connectivity index (χ0v) is 18.4. The summed E-state index contributed by atoms with van der Waals surface area (Å²) >= 11 is 0. The van der Waals surface area contributed by atoms with Gasteiger partial charge in [0.2, 0.25) is 0 Å². The van der Waals surface area contributed by atoms with Gasteiger partial charge in [-0.25, -0.2) is 16.8 Å². The van der Waals surface area contributed by atoms with E-state index in [0.717, 1.165) is 5.56 Å². The highest BCUT2D eigenvalue weighted by Crippen LogP contribution is 2.28. The molecule has 0 atom stereocenters. The molecule has 0 N–H and O–H groups in total. The van der Waals surface area contributed by atoms with Crippen LogP contribution in [0.3, 0.4) is 0 Å². The molecule has 3 aromatic carbocycles. The van der Waals surface area contributed by atoms with E-state index in [4.69, 9.17) is 4.74 Å². The molecular formula is C22H23NO5S2. The minimum atomic E-state index is -3.94. The summed E-state index contributed by atoms with van der Waals surface area (Å²) in [7, 11) is -5.81. The zero-order valence-electron chi connectivity index (χ0n) is 16.7. The van der Waals surface area contributed by atoms with Crippen LogP contribution < -0.4 is 9.04 Å². The molecule has 0 aliphatic rings. The molecule has 30 heavy (non-hydrogen) atoms. The number of anilines is 1. The van der Waals surface area contributed by atoms with Crippen molar-refractivity contribution in [2.45, 2.75) is 23.3 Å². The Bertz CT molecular complexity index is 1190. The largest absolute Gasteiger partial charge is 0.497 e. The normalized spacial score (nSPS) is 11.8. The molecule has 0 radical (unpaired) electrons. The molecule has 0 aromatic heterocycles. The van der Waals surface area contributed by atoms with Gasteiger partial charge in [-0.2, -0.15) is 0 Å². The SMILES string of the molecule is CCS(=O)(=O)c1ccc(S(=O)(=O)N(Cc2ccccc2)c2ccc(OC)cc2)cc1. The lowest BCUT2D eigenvalue weighted by atomic mass is 10.2. The molecule has 3 aromatic rings. The van der Waals surface area contributed by atoms with E-state index >= 15 is 0 Å². The van der Waals surface area contributed by atoms with Crippen molar-refractivity contribution < 1.29 is 21.6 Å². The summed E-state index contributed by atoms with van der Waals surface area (Å²) in [6.45, 7) is 1.68. The molecule has 0 aliphatic heterocycles. The first-order valence-electron chi connectivity index (χ1n) is 9.31. The van der Waals surface area contributed by atoms with E-state index in [1.54, 1.807) is 38.3 Å². The average molecular weight is 446 g/mol. The molecule has 0 saturated heterocycles. The first kappa shape index (κ1) is 21.9. The Morgan fingerprint density at radius 3 is 1.87 bits per heavy atom. The number of benzene rings is 3. The van der Waals surface area contributed by atoms with Gasteiger partial charge in [-0.15, -0.1) is 0 Å². The summed E-state index contributed by atoms with van der Waals surface area (Å²) < 4.78 is 57.5. The lowest BCUT2D eigenvalue weighted by Gasteiger charge is -2.25. The van der Waals surface area contributed by atoms with Crippen molar-refractivity contribution in [1.29, 1.82) is 0 Å². The molecule has 0 unspecified atom stereocenters. The zero-order chi connectivity index (χ0) is 21.8. The Labute approximate surface area is 177 Å². The number of sulfonamides is 1. The van der Waals surface area contributed by atoms with Crippen molar-refractivity contribution in [1.82, 2.24) is 0 Å². The van der Waals surface area contributed by atoms with Crippen LogP contribution in [0.2, 0.25) is 0 Å². The predicted octanol–water partition coefficient (Wildman–Crippen LogP) is 3.88. The molecule has 0 saturated carbocycles. The van der Waals surface area contributed by atoms with E-state index in [1.165, 1.54) is 28.6 Å². The molecule has 3 rings (SSSR count). The molecule has 8 heteroatoms. The maximum atomic E-state index is 13.5.